The van der Waals surface area contributed by atoms with Gasteiger partial charge in [0.25, 0.3) is 0 Å². The fraction of sp³-hybridized carbons (Fsp3) is 0.605. The Kier molecular flexibility index (Phi) is 50.7. The van der Waals surface area contributed by atoms with Crippen LogP contribution in [-0.2, 0) is 34.7 Å². The molecule has 0 radical (unpaired) electrons. The number of halogens is 2. The van der Waals surface area contributed by atoms with Crippen LogP contribution in [0, 0.1) is 31.1 Å². The summed E-state index contributed by atoms with van der Waals surface area (Å²) >= 11 is 4.24. The van der Waals surface area contributed by atoms with E-state index in [9.17, 15) is 29.4 Å². The molecule has 0 spiro atoms. The summed E-state index contributed by atoms with van der Waals surface area (Å²) in [5.41, 5.74) is 7.54. The second-order valence-electron chi connectivity index (χ2n) is 13.3. The number of rotatable bonds is 24. The average Bonchev–Trinajstić information content (AvgIpc) is 3.23. The number of aliphatic imine (C=N–C) groups is 1. The predicted octanol–water partition coefficient (Wildman–Crippen LogP) is 8.46. The third kappa shape index (κ3) is 34.1. The van der Waals surface area contributed by atoms with E-state index in [4.69, 9.17) is 5.73 Å². The maximum absolute atomic E-state index is 11.6. The Morgan fingerprint density at radius 1 is 0.707 bits per heavy atom. The average molecular weight is 1270 g/mol. The number of aliphatic hydroxyl groups is 2. The molecule has 2 rings (SSSR count). The molecule has 2 atom stereocenters. The quantitative estimate of drug-likeness (QED) is 0.0226. The molecule has 12 nitrogen and oxygen atoms in total. The molecule has 0 saturated carbocycles. The molecule has 58 heavy (non-hydrogen) atoms. The molecule has 0 aliphatic rings. The van der Waals surface area contributed by atoms with E-state index < -0.39 is 0 Å². The number of urea groups is 1. The summed E-state index contributed by atoms with van der Waals surface area (Å²) in [4.78, 5) is 46.5. The molecule has 15 heteroatoms. The summed E-state index contributed by atoms with van der Waals surface area (Å²) in [7, 11) is 2.70. The molecule has 0 aromatic heterocycles. The van der Waals surface area contributed by atoms with Crippen molar-refractivity contribution in [1.82, 2.24) is 10.6 Å². The van der Waals surface area contributed by atoms with Crippen LogP contribution < -0.4 is 16.4 Å². The summed E-state index contributed by atoms with van der Waals surface area (Å²) < 4.78 is 8.93. The smallest absolute Gasteiger partial charge is 0.314 e. The van der Waals surface area contributed by atoms with Crippen molar-refractivity contribution in [3.05, 3.63) is 71.8 Å². The second kappa shape index (κ2) is 44.9. The molecular formula is C43H74I2N4O8U. The molecule has 2 aromatic carbocycles. The number of methoxy groups -OCH3 is 2. The summed E-state index contributed by atoms with van der Waals surface area (Å²) in [6.45, 7) is 6.88. The number of carbonyl (C=O) groups excluding carboxylic acids is 4. The Labute approximate surface area is 397 Å². The number of hydrogen-bond acceptors (Lipinski definition) is 10. The normalized spacial score (nSPS) is 11.8. The van der Waals surface area contributed by atoms with Crippen LogP contribution in [0.2, 0.25) is 0 Å². The number of hydrogen-bond donors (Lipinski definition) is 5. The minimum absolute atomic E-state index is 0. The van der Waals surface area contributed by atoms with Gasteiger partial charge in [0.05, 0.1) is 33.6 Å². The number of nitrogens with one attached hydrogen (secondary N) is 2. The van der Waals surface area contributed by atoms with E-state index in [1.165, 1.54) is 26.0 Å². The Morgan fingerprint density at radius 3 is 1.52 bits per heavy atom. The van der Waals surface area contributed by atoms with Crippen molar-refractivity contribution in [2.75, 3.05) is 53.6 Å². The van der Waals surface area contributed by atoms with Gasteiger partial charge in [-0.3, -0.25) is 19.4 Å². The summed E-state index contributed by atoms with van der Waals surface area (Å²) in [6, 6.07) is 20.1. The van der Waals surface area contributed by atoms with Gasteiger partial charge in [0.1, 0.15) is 0 Å². The van der Waals surface area contributed by atoms with Gasteiger partial charge in [-0.1, -0.05) is 115 Å². The monoisotopic (exact) mass is 1270 g/mol. The Hall–Kier alpha value is -1.62. The van der Waals surface area contributed by atoms with E-state index in [1.807, 2.05) is 36.4 Å². The molecule has 0 saturated heterocycles. The number of carbonyl (C=O) groups is 4. The second-order valence-corrected chi connectivity index (χ2v) is 13.3. The van der Waals surface area contributed by atoms with Gasteiger partial charge < -0.3 is 36.1 Å². The largest absolute Gasteiger partial charge is 0.469 e. The van der Waals surface area contributed by atoms with Gasteiger partial charge in [-0.2, -0.15) is 0 Å². The zero-order valence-electron chi connectivity index (χ0n) is 33.8. The number of ether oxygens (including phenoxy) is 2. The van der Waals surface area contributed by atoms with Gasteiger partial charge in [0.15, 0.2) is 6.29 Å². The number of amides is 2. The van der Waals surface area contributed by atoms with Crippen LogP contribution in [0.1, 0.15) is 117 Å². The number of aldehydes is 1. The molecule has 2 amide bonds. The summed E-state index contributed by atoms with van der Waals surface area (Å²) in [5, 5.41) is 24.9. The first-order valence-corrected chi connectivity index (χ1v) is 25.1. The standard InChI is InChI=1S/C20H32N2O4.C14H23NO.C7H11NO3.2CH4.I2.U/c1-20(16-23,17-10-5-3-6-11-17)13-7-4-8-14-21-19(25)22-15-9-12-18(24)26-2;1-14(12-16,10-6-3-7-11-15)13-8-4-2-5-9-13;1-11-7(10)3-2-4-8-5-6-9;;;1-2;/h3,5-6,10-11,23H,4,7-9,12-16H2,1-2H3,(H2,21,22,25);2,4-5,8-9,16H,3,6-7,10-12,15H2,1H3;5-6H,2-4H2,1H3;2*1H4;;. The van der Waals surface area contributed by atoms with Gasteiger partial charge >= 0.3 is 18.0 Å². The van der Waals surface area contributed by atoms with Crippen molar-refractivity contribution in [3.8, 4) is 0 Å². The maximum atomic E-state index is 11.6. The molecule has 332 valence electrons. The number of nitrogens with zero attached hydrogens (tertiary/aromatic N) is 1. The van der Waals surface area contributed by atoms with Crippen molar-refractivity contribution >= 4 is 67.7 Å². The Balaban J connectivity index is -0.000000252. The van der Waals surface area contributed by atoms with Crippen LogP contribution in [0.5, 0.6) is 0 Å². The number of benzene rings is 2. The van der Waals surface area contributed by atoms with Crippen LogP contribution >= 0.6 is 37.2 Å². The van der Waals surface area contributed by atoms with Gasteiger partial charge in [-0.15, -0.1) is 0 Å². The topological polar surface area (TPSA) is 190 Å². The van der Waals surface area contributed by atoms with Crippen molar-refractivity contribution in [1.29, 1.82) is 0 Å². The molecule has 2 unspecified atom stereocenters. The van der Waals surface area contributed by atoms with Crippen molar-refractivity contribution < 1.29 is 70.0 Å². The van der Waals surface area contributed by atoms with Crippen molar-refractivity contribution in [2.24, 2.45) is 10.7 Å². The van der Waals surface area contributed by atoms with Gasteiger partial charge in [-0.25, -0.2) is 4.79 Å². The third-order valence-corrected chi connectivity index (χ3v) is 8.90. The molecule has 0 aliphatic heterocycles. The third-order valence-electron chi connectivity index (χ3n) is 8.90. The van der Waals surface area contributed by atoms with Crippen molar-refractivity contribution in [2.45, 2.75) is 117 Å². The zero-order chi connectivity index (χ0) is 41.6. The molecule has 0 fully saturated rings. The summed E-state index contributed by atoms with van der Waals surface area (Å²) in [5.74, 6) is -0.510. The Morgan fingerprint density at radius 2 is 1.12 bits per heavy atom. The fourth-order valence-electron chi connectivity index (χ4n) is 5.30. The van der Waals surface area contributed by atoms with Crippen LogP contribution in [0.3, 0.4) is 0 Å². The molecule has 0 aliphatic carbocycles. The molecule has 0 heterocycles. The number of aliphatic hydroxyl groups excluding tert-OH is 2. The van der Waals surface area contributed by atoms with Crippen LogP contribution in [0.25, 0.3) is 0 Å². The number of unbranched alkanes of at least 4 members (excludes halogenated alkanes) is 4. The van der Waals surface area contributed by atoms with E-state index in [-0.39, 0.29) is 88.0 Å². The van der Waals surface area contributed by atoms with Crippen LogP contribution in [-0.4, -0.2) is 94.3 Å². The van der Waals surface area contributed by atoms with Gasteiger partial charge in [-0.05, 0) is 56.2 Å². The van der Waals surface area contributed by atoms with E-state index in [0.717, 1.165) is 63.5 Å². The molecule has 6 N–H and O–H groups in total. The first-order chi connectivity index (χ1) is 26.5. The minimum Gasteiger partial charge on any atom is -0.469 e. The van der Waals surface area contributed by atoms with E-state index >= 15 is 0 Å². The molecule has 2 aromatic rings. The van der Waals surface area contributed by atoms with Crippen molar-refractivity contribution in [3.63, 3.8) is 0 Å². The van der Waals surface area contributed by atoms with Crippen LogP contribution in [0.15, 0.2) is 65.7 Å². The van der Waals surface area contributed by atoms with E-state index in [2.05, 4.69) is 100 Å². The number of nitrogens with two attached hydrogens (primary N) is 1. The SMILES string of the molecule is C.C.CC(CO)(CCCCCN)c1ccccc1.COC(=O)CCCN=CC=O.COC(=O)CCCNC(=O)NCCCCCC(C)(CO)c1ccccc1.II.[U]. The first kappa shape index (κ1) is 65.5. The summed E-state index contributed by atoms with van der Waals surface area (Å²) in [6.07, 6.45) is 11.8. The molecular weight excluding hydrogens is 1190 g/mol. The van der Waals surface area contributed by atoms with Crippen LogP contribution in [0.4, 0.5) is 4.79 Å². The minimum atomic E-state index is -0.266. The van der Waals surface area contributed by atoms with E-state index in [0.29, 0.717) is 51.6 Å². The maximum Gasteiger partial charge on any atom is 0.314 e. The zero-order valence-corrected chi connectivity index (χ0v) is 42.3. The van der Waals surface area contributed by atoms with E-state index in [1.54, 1.807) is 0 Å². The predicted molar refractivity (Wildman–Crippen MR) is 253 cm³/mol. The first-order valence-electron chi connectivity index (χ1n) is 18.8. The fourth-order valence-corrected chi connectivity index (χ4v) is 5.30. The molecule has 0 bridgehead atoms. The number of esters is 2. The van der Waals surface area contributed by atoms with Gasteiger partial charge in [0, 0.05) is 112 Å². The van der Waals surface area contributed by atoms with Gasteiger partial charge in [0.2, 0.25) is 0 Å². The Bertz CT molecular complexity index is 1290.